The van der Waals surface area contributed by atoms with E-state index in [4.69, 9.17) is 9.40 Å². The third-order valence-electron chi connectivity index (χ3n) is 9.23. The first kappa shape index (κ1) is 30.2. The molecule has 0 unspecified atom stereocenters. The lowest BCUT2D eigenvalue weighted by molar-refractivity contribution is 0.623. The fourth-order valence-electron chi connectivity index (χ4n) is 6.85. The predicted octanol–water partition coefficient (Wildman–Crippen LogP) is 13.3. The van der Waals surface area contributed by atoms with Crippen LogP contribution in [0.1, 0.15) is 0 Å². The predicted molar refractivity (Wildman–Crippen MR) is 212 cm³/mol. The van der Waals surface area contributed by atoms with Crippen LogP contribution in [-0.4, -0.2) is 4.98 Å². The van der Waals surface area contributed by atoms with Crippen molar-refractivity contribution < 1.29 is 4.42 Å². The Morgan fingerprint density at radius 2 is 0.843 bits per heavy atom. The van der Waals surface area contributed by atoms with E-state index in [-0.39, 0.29) is 0 Å². The van der Waals surface area contributed by atoms with Crippen LogP contribution in [0.5, 0.6) is 0 Å². The van der Waals surface area contributed by atoms with Gasteiger partial charge in [-0.2, -0.15) is 0 Å². The number of benzene rings is 8. The maximum atomic E-state index is 6.70. The normalized spacial score (nSPS) is 11.1. The average Bonchev–Trinajstić information content (AvgIpc) is 3.65. The molecule has 242 valence electrons. The van der Waals surface area contributed by atoms with Gasteiger partial charge in [-0.1, -0.05) is 121 Å². The second-order valence-corrected chi connectivity index (χ2v) is 12.5. The number of fused-ring (bicyclic) bond motifs is 3. The van der Waals surface area contributed by atoms with Crippen molar-refractivity contribution in [2.75, 3.05) is 9.80 Å². The molecule has 0 spiro atoms. The molecule has 9 rings (SSSR count). The van der Waals surface area contributed by atoms with E-state index in [2.05, 4.69) is 180 Å². The van der Waals surface area contributed by atoms with Gasteiger partial charge >= 0.3 is 0 Å². The molecule has 51 heavy (non-hydrogen) atoms. The highest BCUT2D eigenvalue weighted by atomic mass is 16.3. The number of anilines is 6. The average molecular weight is 656 g/mol. The maximum absolute atomic E-state index is 6.70. The highest BCUT2D eigenvalue weighted by molar-refractivity contribution is 6.14. The van der Waals surface area contributed by atoms with E-state index >= 15 is 0 Å². The molecule has 8 aromatic carbocycles. The minimum absolute atomic E-state index is 0.600. The summed E-state index contributed by atoms with van der Waals surface area (Å²) in [5.41, 5.74) is 11.1. The fraction of sp³-hybridized carbons (Fsp3) is 0. The van der Waals surface area contributed by atoms with Gasteiger partial charge in [0, 0.05) is 34.0 Å². The number of hydrogen-bond donors (Lipinski definition) is 0. The number of oxazole rings is 1. The maximum Gasteiger partial charge on any atom is 0.227 e. The van der Waals surface area contributed by atoms with Gasteiger partial charge < -0.3 is 14.2 Å². The summed E-state index contributed by atoms with van der Waals surface area (Å²) in [7, 11) is 0. The van der Waals surface area contributed by atoms with Crippen molar-refractivity contribution in [3.05, 3.63) is 200 Å². The summed E-state index contributed by atoms with van der Waals surface area (Å²) in [5, 5.41) is 2.04. The van der Waals surface area contributed by atoms with Crippen LogP contribution in [0.25, 0.3) is 44.5 Å². The van der Waals surface area contributed by atoms with E-state index in [1.54, 1.807) is 0 Å². The van der Waals surface area contributed by atoms with Gasteiger partial charge in [-0.05, 0) is 95.4 Å². The van der Waals surface area contributed by atoms with Crippen LogP contribution in [0, 0.1) is 0 Å². The molecule has 0 N–H and O–H groups in total. The molecule has 0 bridgehead atoms. The Balaban J connectivity index is 1.31. The number of nitrogens with zero attached hydrogens (tertiary/aromatic N) is 3. The van der Waals surface area contributed by atoms with Crippen LogP contribution in [0.15, 0.2) is 205 Å². The zero-order valence-corrected chi connectivity index (χ0v) is 27.8. The molecule has 0 atom stereocenters. The molecule has 0 saturated carbocycles. The van der Waals surface area contributed by atoms with E-state index in [1.807, 2.05) is 30.3 Å². The number of para-hydroxylation sites is 3. The van der Waals surface area contributed by atoms with Gasteiger partial charge in [0.1, 0.15) is 5.52 Å². The molecule has 4 nitrogen and oxygen atoms in total. The van der Waals surface area contributed by atoms with Gasteiger partial charge in [-0.25, -0.2) is 4.98 Å². The van der Waals surface area contributed by atoms with Crippen molar-refractivity contribution in [2.45, 2.75) is 0 Å². The lowest BCUT2D eigenvalue weighted by atomic mass is 10.0. The minimum atomic E-state index is 0.600. The monoisotopic (exact) mass is 655 g/mol. The molecule has 1 heterocycles. The molecule has 9 aromatic rings. The number of aromatic nitrogens is 1. The zero-order valence-electron chi connectivity index (χ0n) is 27.8. The topological polar surface area (TPSA) is 32.5 Å². The van der Waals surface area contributed by atoms with Crippen molar-refractivity contribution in [2.24, 2.45) is 0 Å². The summed E-state index contributed by atoms with van der Waals surface area (Å²) < 4.78 is 6.70. The first-order valence-corrected chi connectivity index (χ1v) is 17.1. The molecule has 0 aliphatic carbocycles. The van der Waals surface area contributed by atoms with Crippen molar-refractivity contribution in [1.82, 2.24) is 4.98 Å². The second kappa shape index (κ2) is 13.2. The lowest BCUT2D eigenvalue weighted by Crippen LogP contribution is -2.14. The molecule has 1 aromatic heterocycles. The van der Waals surface area contributed by atoms with E-state index < -0.39 is 0 Å². The first-order valence-electron chi connectivity index (χ1n) is 17.1. The molecule has 4 heteroatoms. The van der Waals surface area contributed by atoms with Crippen LogP contribution >= 0.6 is 0 Å². The minimum Gasteiger partial charge on any atom is -0.435 e. The Labute approximate surface area is 297 Å². The van der Waals surface area contributed by atoms with E-state index in [1.165, 1.54) is 11.1 Å². The van der Waals surface area contributed by atoms with Gasteiger partial charge in [0.05, 0.1) is 11.1 Å². The number of hydrogen-bond acceptors (Lipinski definition) is 4. The zero-order chi connectivity index (χ0) is 34.0. The van der Waals surface area contributed by atoms with E-state index in [0.29, 0.717) is 5.89 Å². The van der Waals surface area contributed by atoms with Crippen LogP contribution in [0.4, 0.5) is 34.1 Å². The third kappa shape index (κ3) is 5.79. The standard InChI is InChI=1S/C47H33N3O/c1-6-16-34(17-7-1)35-26-29-41(30-27-35)49(38-20-10-3-11-21-38)42-32-37-28-31-43-46(51-47(48-43)36-18-8-2-9-19-36)45(37)44(33-42)50(39-22-12-4-13-23-39)40-24-14-5-15-25-40/h1-33H. The van der Waals surface area contributed by atoms with Crippen LogP contribution in [0.3, 0.4) is 0 Å². The van der Waals surface area contributed by atoms with Crippen LogP contribution < -0.4 is 9.80 Å². The molecule has 0 aliphatic rings. The summed E-state index contributed by atoms with van der Waals surface area (Å²) in [6.45, 7) is 0. The molecule has 0 aliphatic heterocycles. The molecular weight excluding hydrogens is 623 g/mol. The largest absolute Gasteiger partial charge is 0.435 e. The first-order chi connectivity index (χ1) is 25.3. The van der Waals surface area contributed by atoms with Crippen molar-refractivity contribution in [3.63, 3.8) is 0 Å². The van der Waals surface area contributed by atoms with Crippen LogP contribution in [-0.2, 0) is 0 Å². The lowest BCUT2D eigenvalue weighted by Gasteiger charge is -2.30. The SMILES string of the molecule is c1ccc(-c2ccc(N(c3ccccc3)c3cc(N(c4ccccc4)c4ccccc4)c4c(ccc5nc(-c6ccccc6)oc54)c3)cc2)cc1. The van der Waals surface area contributed by atoms with Gasteiger partial charge in [-0.3, -0.25) is 0 Å². The molecule has 0 radical (unpaired) electrons. The summed E-state index contributed by atoms with van der Waals surface area (Å²) in [6.07, 6.45) is 0. The molecule has 0 fully saturated rings. The Kier molecular flexibility index (Phi) is 7.80. The quantitative estimate of drug-likeness (QED) is 0.163. The summed E-state index contributed by atoms with van der Waals surface area (Å²) in [5.74, 6) is 0.600. The van der Waals surface area contributed by atoms with Crippen molar-refractivity contribution in [1.29, 1.82) is 0 Å². The molecule has 0 saturated heterocycles. The Hall–Kier alpha value is -6.91. The van der Waals surface area contributed by atoms with Gasteiger partial charge in [-0.15, -0.1) is 0 Å². The molecular formula is C47H33N3O. The number of rotatable bonds is 8. The highest BCUT2D eigenvalue weighted by Gasteiger charge is 2.23. The third-order valence-corrected chi connectivity index (χ3v) is 9.23. The highest BCUT2D eigenvalue weighted by Crippen LogP contribution is 2.47. The summed E-state index contributed by atoms with van der Waals surface area (Å²) >= 11 is 0. The smallest absolute Gasteiger partial charge is 0.227 e. The van der Waals surface area contributed by atoms with E-state index in [0.717, 1.165) is 61.6 Å². The van der Waals surface area contributed by atoms with Gasteiger partial charge in [0.15, 0.2) is 5.58 Å². The Morgan fingerprint density at radius 1 is 0.373 bits per heavy atom. The van der Waals surface area contributed by atoms with Crippen molar-refractivity contribution >= 4 is 56.0 Å². The fourth-order valence-corrected chi connectivity index (χ4v) is 6.85. The van der Waals surface area contributed by atoms with Gasteiger partial charge in [0.2, 0.25) is 5.89 Å². The summed E-state index contributed by atoms with van der Waals surface area (Å²) in [4.78, 5) is 9.61. The Morgan fingerprint density at radius 3 is 1.41 bits per heavy atom. The molecule has 0 amide bonds. The van der Waals surface area contributed by atoms with Crippen LogP contribution in [0.2, 0.25) is 0 Å². The van der Waals surface area contributed by atoms with E-state index in [9.17, 15) is 0 Å². The van der Waals surface area contributed by atoms with Crippen molar-refractivity contribution in [3.8, 4) is 22.6 Å². The van der Waals surface area contributed by atoms with Gasteiger partial charge in [0.25, 0.3) is 0 Å². The Bertz CT molecular complexity index is 2510. The second-order valence-electron chi connectivity index (χ2n) is 12.5. The summed E-state index contributed by atoms with van der Waals surface area (Å²) in [6, 6.07) is 69.8.